The average molecular weight is 441 g/mol. The first-order valence-corrected chi connectivity index (χ1v) is 9.98. The number of carbonyl (C=O) groups is 1. The van der Waals surface area contributed by atoms with Crippen LogP contribution in [0.4, 0.5) is 5.69 Å². The standard InChI is InChI=1S/C22H19NO7S/c1-26-14-7-5-13(10-16(14)27-2)23-21-19(22(25)28-3)20(24)18(31-21)9-12-4-6-15-17(8-12)30-11-29-15/h4-10,24H,11H2,1-3H3. The second-order valence-corrected chi connectivity index (χ2v) is 7.43. The lowest BCUT2D eigenvalue weighted by Crippen LogP contribution is -2.10. The lowest BCUT2D eigenvalue weighted by atomic mass is 10.1. The molecule has 1 N–H and O–H groups in total. The van der Waals surface area contributed by atoms with Crippen molar-refractivity contribution < 1.29 is 33.6 Å². The molecule has 0 saturated heterocycles. The van der Waals surface area contributed by atoms with Crippen LogP contribution in [0.1, 0.15) is 5.56 Å². The number of nitrogens with zero attached hydrogens (tertiary/aromatic N) is 1. The number of ether oxygens (including phenoxy) is 5. The van der Waals surface area contributed by atoms with Crippen LogP contribution in [0.5, 0.6) is 23.0 Å². The zero-order valence-electron chi connectivity index (χ0n) is 17.0. The van der Waals surface area contributed by atoms with E-state index in [1.54, 1.807) is 43.5 Å². The fourth-order valence-electron chi connectivity index (χ4n) is 3.06. The van der Waals surface area contributed by atoms with Gasteiger partial charge in [0, 0.05) is 6.07 Å². The van der Waals surface area contributed by atoms with E-state index < -0.39 is 5.97 Å². The fraction of sp³-hybridized carbons (Fsp3) is 0.182. The molecule has 0 saturated carbocycles. The van der Waals surface area contributed by atoms with Crippen LogP contribution in [-0.4, -0.2) is 44.2 Å². The number of carbonyl (C=O) groups excluding carboxylic acids is 1. The molecule has 0 spiro atoms. The van der Waals surface area contributed by atoms with Crippen LogP contribution in [0.2, 0.25) is 0 Å². The SMILES string of the molecule is COC(=O)C1=C(O)C(=Cc2ccc3c(c2)OCO3)SC1=Nc1ccc(OC)c(OC)c1. The normalized spacial score (nSPS) is 17.4. The number of benzene rings is 2. The first-order valence-electron chi connectivity index (χ1n) is 9.16. The maximum Gasteiger partial charge on any atom is 0.344 e. The Kier molecular flexibility index (Phi) is 5.77. The molecule has 31 heavy (non-hydrogen) atoms. The van der Waals surface area contributed by atoms with Gasteiger partial charge in [0.15, 0.2) is 23.0 Å². The highest BCUT2D eigenvalue weighted by Gasteiger charge is 2.33. The molecule has 2 aromatic carbocycles. The van der Waals surface area contributed by atoms with E-state index >= 15 is 0 Å². The van der Waals surface area contributed by atoms with E-state index in [0.29, 0.717) is 38.6 Å². The topological polar surface area (TPSA) is 95.8 Å². The van der Waals surface area contributed by atoms with E-state index in [1.165, 1.54) is 14.2 Å². The average Bonchev–Trinajstić information content (AvgIpc) is 3.37. The summed E-state index contributed by atoms with van der Waals surface area (Å²) in [5.41, 5.74) is 1.29. The number of rotatable bonds is 5. The van der Waals surface area contributed by atoms with E-state index in [4.69, 9.17) is 23.7 Å². The second kappa shape index (κ2) is 8.65. The Hall–Kier alpha value is -3.59. The molecule has 4 rings (SSSR count). The summed E-state index contributed by atoms with van der Waals surface area (Å²) in [5.74, 6) is 1.45. The Balaban J connectivity index is 1.72. The van der Waals surface area contributed by atoms with Crippen molar-refractivity contribution in [2.45, 2.75) is 0 Å². The Morgan fingerprint density at radius 1 is 1.06 bits per heavy atom. The van der Waals surface area contributed by atoms with Gasteiger partial charge in [0.05, 0.1) is 31.9 Å². The van der Waals surface area contributed by atoms with Gasteiger partial charge in [0.25, 0.3) is 0 Å². The smallest absolute Gasteiger partial charge is 0.344 e. The van der Waals surface area contributed by atoms with Gasteiger partial charge in [0.1, 0.15) is 16.4 Å². The van der Waals surface area contributed by atoms with Crippen LogP contribution in [0, 0.1) is 0 Å². The predicted octanol–water partition coefficient (Wildman–Crippen LogP) is 4.24. The molecule has 2 aromatic rings. The third-order valence-electron chi connectivity index (χ3n) is 4.57. The van der Waals surface area contributed by atoms with E-state index in [-0.39, 0.29) is 18.1 Å². The quantitative estimate of drug-likeness (QED) is 0.689. The molecule has 0 amide bonds. The summed E-state index contributed by atoms with van der Waals surface area (Å²) in [6.07, 6.45) is 1.74. The molecule has 0 aromatic heterocycles. The number of aliphatic hydroxyl groups excluding tert-OH is 1. The Morgan fingerprint density at radius 3 is 2.58 bits per heavy atom. The number of hydrogen-bond donors (Lipinski definition) is 1. The molecule has 0 fully saturated rings. The number of aliphatic imine (C=N–C) groups is 1. The minimum absolute atomic E-state index is 0.00530. The number of aliphatic hydroxyl groups is 1. The number of methoxy groups -OCH3 is 3. The van der Waals surface area contributed by atoms with Gasteiger partial charge in [-0.2, -0.15) is 0 Å². The van der Waals surface area contributed by atoms with Crippen LogP contribution in [0.25, 0.3) is 6.08 Å². The summed E-state index contributed by atoms with van der Waals surface area (Å²) in [7, 11) is 4.32. The lowest BCUT2D eigenvalue weighted by Gasteiger charge is -2.08. The summed E-state index contributed by atoms with van der Waals surface area (Å²) >= 11 is 1.16. The van der Waals surface area contributed by atoms with Crippen molar-refractivity contribution in [2.75, 3.05) is 28.1 Å². The Morgan fingerprint density at radius 2 is 1.84 bits per heavy atom. The first kappa shape index (κ1) is 20.7. The highest BCUT2D eigenvalue weighted by molar-refractivity contribution is 8.18. The third-order valence-corrected chi connectivity index (χ3v) is 5.59. The zero-order chi connectivity index (χ0) is 22.0. The second-order valence-electron chi connectivity index (χ2n) is 6.39. The van der Waals surface area contributed by atoms with Crippen molar-refractivity contribution in [2.24, 2.45) is 4.99 Å². The molecule has 0 bridgehead atoms. The molecule has 0 unspecified atom stereocenters. The van der Waals surface area contributed by atoms with Crippen LogP contribution >= 0.6 is 11.8 Å². The minimum Gasteiger partial charge on any atom is -0.506 e. The van der Waals surface area contributed by atoms with Gasteiger partial charge >= 0.3 is 5.97 Å². The number of esters is 1. The monoisotopic (exact) mass is 441 g/mol. The van der Waals surface area contributed by atoms with E-state index in [0.717, 1.165) is 17.3 Å². The first-order chi connectivity index (χ1) is 15.0. The molecule has 2 aliphatic heterocycles. The molecule has 0 aliphatic carbocycles. The molecule has 2 heterocycles. The summed E-state index contributed by atoms with van der Waals surface area (Å²) < 4.78 is 26.1. The third kappa shape index (κ3) is 4.04. The van der Waals surface area contributed by atoms with Crippen LogP contribution in [-0.2, 0) is 9.53 Å². The van der Waals surface area contributed by atoms with E-state index in [1.807, 2.05) is 6.07 Å². The number of hydrogen-bond acceptors (Lipinski definition) is 9. The molecule has 9 heteroatoms. The van der Waals surface area contributed by atoms with Gasteiger partial charge < -0.3 is 28.8 Å². The molecule has 0 atom stereocenters. The van der Waals surface area contributed by atoms with Gasteiger partial charge in [-0.05, 0) is 35.9 Å². The van der Waals surface area contributed by atoms with Crippen LogP contribution in [0.15, 0.2) is 57.6 Å². The van der Waals surface area contributed by atoms with Gasteiger partial charge in [-0.3, -0.25) is 0 Å². The maximum absolute atomic E-state index is 12.4. The highest BCUT2D eigenvalue weighted by atomic mass is 32.2. The van der Waals surface area contributed by atoms with E-state index in [9.17, 15) is 9.90 Å². The Labute approximate surface area is 182 Å². The molecular weight excluding hydrogens is 422 g/mol. The highest BCUT2D eigenvalue weighted by Crippen LogP contribution is 2.42. The van der Waals surface area contributed by atoms with Crippen molar-refractivity contribution in [1.82, 2.24) is 0 Å². The van der Waals surface area contributed by atoms with Gasteiger partial charge in [-0.1, -0.05) is 17.8 Å². The number of thioether (sulfide) groups is 1. The molecule has 8 nitrogen and oxygen atoms in total. The van der Waals surface area contributed by atoms with Crippen molar-refractivity contribution in [3.63, 3.8) is 0 Å². The van der Waals surface area contributed by atoms with Crippen molar-refractivity contribution >= 4 is 34.5 Å². The zero-order valence-corrected chi connectivity index (χ0v) is 17.8. The predicted molar refractivity (Wildman–Crippen MR) is 116 cm³/mol. The van der Waals surface area contributed by atoms with Crippen LogP contribution < -0.4 is 18.9 Å². The van der Waals surface area contributed by atoms with Gasteiger partial charge in [0.2, 0.25) is 6.79 Å². The van der Waals surface area contributed by atoms with Crippen molar-refractivity contribution in [3.8, 4) is 23.0 Å². The van der Waals surface area contributed by atoms with E-state index in [2.05, 4.69) is 4.99 Å². The lowest BCUT2D eigenvalue weighted by molar-refractivity contribution is -0.135. The minimum atomic E-state index is -0.682. The summed E-state index contributed by atoms with van der Waals surface area (Å²) in [6, 6.07) is 10.5. The summed E-state index contributed by atoms with van der Waals surface area (Å²) in [5, 5.41) is 11.1. The number of fused-ring (bicyclic) bond motifs is 1. The molecule has 0 radical (unpaired) electrons. The molecule has 2 aliphatic rings. The van der Waals surface area contributed by atoms with Crippen LogP contribution in [0.3, 0.4) is 0 Å². The van der Waals surface area contributed by atoms with Crippen molar-refractivity contribution in [1.29, 1.82) is 0 Å². The largest absolute Gasteiger partial charge is 0.506 e. The molecule has 160 valence electrons. The summed E-state index contributed by atoms with van der Waals surface area (Å²) in [6.45, 7) is 0.171. The fourth-order valence-corrected chi connectivity index (χ4v) is 4.09. The Bertz CT molecular complexity index is 1140. The van der Waals surface area contributed by atoms with Gasteiger partial charge in [-0.25, -0.2) is 9.79 Å². The molecular formula is C22H19NO7S. The van der Waals surface area contributed by atoms with Crippen molar-refractivity contribution in [3.05, 3.63) is 58.2 Å². The van der Waals surface area contributed by atoms with Gasteiger partial charge in [-0.15, -0.1) is 0 Å². The maximum atomic E-state index is 12.4. The summed E-state index contributed by atoms with van der Waals surface area (Å²) in [4.78, 5) is 17.3.